The van der Waals surface area contributed by atoms with Crippen LogP contribution < -0.4 is 5.32 Å². The quantitative estimate of drug-likeness (QED) is 0.340. The first kappa shape index (κ1) is 29.4. The molecule has 226 valence electrons. The van der Waals surface area contributed by atoms with E-state index in [2.05, 4.69) is 10.2 Å². The molecule has 8 nitrogen and oxygen atoms in total. The monoisotopic (exact) mass is 590 g/mol. The zero-order chi connectivity index (χ0) is 30.6. The van der Waals surface area contributed by atoms with E-state index in [1.54, 1.807) is 52.3 Å². The molecule has 8 heteroatoms. The lowest BCUT2D eigenvalue weighted by Crippen LogP contribution is -2.67. The fourth-order valence-electron chi connectivity index (χ4n) is 7.18. The number of nitrogens with zero attached hydrogens (tertiary/aromatic N) is 3. The molecule has 44 heavy (non-hydrogen) atoms. The van der Waals surface area contributed by atoms with E-state index in [4.69, 9.17) is 6.57 Å². The van der Waals surface area contributed by atoms with Crippen LogP contribution in [0, 0.1) is 12.5 Å². The van der Waals surface area contributed by atoms with Gasteiger partial charge >= 0.3 is 0 Å². The van der Waals surface area contributed by atoms with Gasteiger partial charge in [0.1, 0.15) is 23.9 Å². The topological polar surface area (TPSA) is 94.3 Å². The first-order valence-corrected chi connectivity index (χ1v) is 15.7. The first-order valence-electron chi connectivity index (χ1n) is 15.7. The number of phenolic OH excluding ortho intramolecular Hbond substituents is 1. The Bertz CT molecular complexity index is 1570. The van der Waals surface area contributed by atoms with Crippen LogP contribution in [-0.2, 0) is 33.8 Å². The largest absolute Gasteiger partial charge is 0.508 e. The molecule has 2 fully saturated rings. The number of hydrogen-bond acceptors (Lipinski definition) is 4. The zero-order valence-electron chi connectivity index (χ0n) is 24.8. The van der Waals surface area contributed by atoms with E-state index in [9.17, 15) is 19.5 Å². The van der Waals surface area contributed by atoms with Crippen LogP contribution in [0.15, 0.2) is 72.8 Å². The Hall–Kier alpha value is -4.64. The summed E-state index contributed by atoms with van der Waals surface area (Å²) in [6.45, 7) is 8.08. The number of piperazine rings is 1. The SMILES string of the molecule is [C-]#[N+]c1ccc(C(C(=O)NCCc2cccc(O)c2)N2C(=O)[C@@H]3Cc4ccccc4CN3C(=O)[C@@H]2CC2CCCCC2)cc1. The highest BCUT2D eigenvalue weighted by atomic mass is 16.3. The van der Waals surface area contributed by atoms with Crippen LogP contribution in [0.3, 0.4) is 0 Å². The van der Waals surface area contributed by atoms with Crippen molar-refractivity contribution in [2.75, 3.05) is 6.54 Å². The number of fused-ring (bicyclic) bond motifs is 2. The van der Waals surface area contributed by atoms with Gasteiger partial charge in [-0.25, -0.2) is 4.85 Å². The van der Waals surface area contributed by atoms with Crippen molar-refractivity contribution < 1.29 is 19.5 Å². The first-order chi connectivity index (χ1) is 21.4. The fourth-order valence-corrected chi connectivity index (χ4v) is 7.18. The number of carbonyl (C=O) groups excluding carboxylic acids is 3. The van der Waals surface area contributed by atoms with Gasteiger partial charge in [-0.05, 0) is 53.1 Å². The Kier molecular flexibility index (Phi) is 8.65. The van der Waals surface area contributed by atoms with Crippen molar-refractivity contribution in [3.63, 3.8) is 0 Å². The summed E-state index contributed by atoms with van der Waals surface area (Å²) in [4.78, 5) is 50.0. The predicted octanol–water partition coefficient (Wildman–Crippen LogP) is 5.48. The summed E-state index contributed by atoms with van der Waals surface area (Å²) < 4.78 is 0. The summed E-state index contributed by atoms with van der Waals surface area (Å²) in [5.41, 5.74) is 4.00. The molecule has 1 unspecified atom stereocenters. The Morgan fingerprint density at radius 1 is 0.955 bits per heavy atom. The van der Waals surface area contributed by atoms with Gasteiger partial charge in [-0.3, -0.25) is 14.4 Å². The number of aromatic hydroxyl groups is 1. The Morgan fingerprint density at radius 2 is 1.70 bits per heavy atom. The molecule has 1 saturated carbocycles. The van der Waals surface area contributed by atoms with Gasteiger partial charge in [0.25, 0.3) is 0 Å². The molecule has 6 rings (SSSR count). The molecule has 3 amide bonds. The molecular formula is C36H38N4O4. The maximum Gasteiger partial charge on any atom is 0.247 e. The molecule has 2 aliphatic heterocycles. The Balaban J connectivity index is 1.36. The van der Waals surface area contributed by atoms with Crippen LogP contribution in [0.2, 0.25) is 0 Å². The van der Waals surface area contributed by atoms with Gasteiger partial charge < -0.3 is 20.2 Å². The van der Waals surface area contributed by atoms with Gasteiger partial charge in [-0.15, -0.1) is 0 Å². The Morgan fingerprint density at radius 3 is 2.43 bits per heavy atom. The number of nitrogens with one attached hydrogen (secondary N) is 1. The van der Waals surface area contributed by atoms with E-state index >= 15 is 0 Å². The fraction of sp³-hybridized carbons (Fsp3) is 0.389. The molecule has 2 N–H and O–H groups in total. The van der Waals surface area contributed by atoms with Gasteiger partial charge in [0, 0.05) is 19.5 Å². The number of phenols is 1. The normalized spacial score (nSPS) is 20.8. The third kappa shape index (κ3) is 6.05. The molecule has 3 aliphatic rings. The van der Waals surface area contributed by atoms with Crippen molar-refractivity contribution in [3.05, 3.63) is 106 Å². The minimum atomic E-state index is -1.02. The number of rotatable bonds is 8. The van der Waals surface area contributed by atoms with Crippen molar-refractivity contribution in [3.8, 4) is 5.75 Å². The third-order valence-corrected chi connectivity index (χ3v) is 9.46. The molecule has 3 aromatic rings. The maximum absolute atomic E-state index is 14.6. The van der Waals surface area contributed by atoms with E-state index in [0.717, 1.165) is 42.4 Å². The molecular weight excluding hydrogens is 552 g/mol. The zero-order valence-corrected chi connectivity index (χ0v) is 24.8. The summed E-state index contributed by atoms with van der Waals surface area (Å²) in [7, 11) is 0. The molecule has 0 bridgehead atoms. The van der Waals surface area contributed by atoms with Crippen molar-refractivity contribution in [2.24, 2.45) is 5.92 Å². The van der Waals surface area contributed by atoms with E-state index in [1.165, 1.54) is 6.42 Å². The number of hydrogen-bond donors (Lipinski definition) is 2. The van der Waals surface area contributed by atoms with Crippen LogP contribution in [0.4, 0.5) is 5.69 Å². The van der Waals surface area contributed by atoms with E-state index in [1.807, 2.05) is 30.3 Å². The molecule has 1 saturated heterocycles. The van der Waals surface area contributed by atoms with Crippen molar-refractivity contribution in [1.82, 2.24) is 15.1 Å². The van der Waals surface area contributed by atoms with E-state index in [-0.39, 0.29) is 23.5 Å². The predicted molar refractivity (Wildman–Crippen MR) is 167 cm³/mol. The van der Waals surface area contributed by atoms with Crippen molar-refractivity contribution in [1.29, 1.82) is 0 Å². The van der Waals surface area contributed by atoms with Gasteiger partial charge in [-0.1, -0.05) is 92.8 Å². The average molecular weight is 591 g/mol. The summed E-state index contributed by atoms with van der Waals surface area (Å²) in [5.74, 6) is -0.193. The van der Waals surface area contributed by atoms with Gasteiger partial charge in [0.15, 0.2) is 5.69 Å². The summed E-state index contributed by atoms with van der Waals surface area (Å²) >= 11 is 0. The van der Waals surface area contributed by atoms with E-state index in [0.29, 0.717) is 49.5 Å². The summed E-state index contributed by atoms with van der Waals surface area (Å²) in [6.07, 6.45) is 6.86. The minimum absolute atomic E-state index is 0.0926. The molecule has 0 radical (unpaired) electrons. The molecule has 1 aliphatic carbocycles. The second-order valence-corrected chi connectivity index (χ2v) is 12.3. The minimum Gasteiger partial charge on any atom is -0.508 e. The third-order valence-electron chi connectivity index (χ3n) is 9.46. The van der Waals surface area contributed by atoms with Crippen LogP contribution in [-0.4, -0.2) is 51.3 Å². The van der Waals surface area contributed by atoms with Gasteiger partial charge in [-0.2, -0.15) is 0 Å². The average Bonchev–Trinajstić information content (AvgIpc) is 3.05. The van der Waals surface area contributed by atoms with Gasteiger partial charge in [0.05, 0.1) is 6.57 Å². The smallest absolute Gasteiger partial charge is 0.247 e. The Labute approximate surface area is 258 Å². The molecule has 0 spiro atoms. The van der Waals surface area contributed by atoms with Crippen molar-refractivity contribution >= 4 is 23.4 Å². The summed E-state index contributed by atoms with van der Waals surface area (Å²) in [6, 6.07) is 19.2. The lowest BCUT2D eigenvalue weighted by Gasteiger charge is -2.50. The molecule has 0 aromatic heterocycles. The number of carbonyl (C=O) groups is 3. The highest BCUT2D eigenvalue weighted by Gasteiger charge is 2.51. The maximum atomic E-state index is 14.6. The highest BCUT2D eigenvalue weighted by Crippen LogP contribution is 2.39. The lowest BCUT2D eigenvalue weighted by molar-refractivity contribution is -0.169. The molecule has 3 atom stereocenters. The second kappa shape index (κ2) is 12.9. The van der Waals surface area contributed by atoms with Crippen LogP contribution >= 0.6 is 0 Å². The lowest BCUT2D eigenvalue weighted by atomic mass is 9.81. The van der Waals surface area contributed by atoms with Crippen LogP contribution in [0.25, 0.3) is 4.85 Å². The summed E-state index contributed by atoms with van der Waals surface area (Å²) in [5, 5.41) is 12.9. The van der Waals surface area contributed by atoms with Crippen molar-refractivity contribution in [2.45, 2.75) is 76.0 Å². The van der Waals surface area contributed by atoms with E-state index < -0.39 is 18.1 Å². The van der Waals surface area contributed by atoms with Crippen LogP contribution in [0.5, 0.6) is 5.75 Å². The van der Waals surface area contributed by atoms with Crippen LogP contribution in [0.1, 0.15) is 66.8 Å². The molecule has 3 aromatic carbocycles. The number of amides is 3. The molecule has 2 heterocycles. The standard InChI is InChI=1S/C36H38N4O4/c1-37-29-16-14-26(15-17-29)33(34(42)38-19-18-25-10-7-13-30(41)20-25)40-32(21-24-8-3-2-4-9-24)35(43)39-23-28-12-6-5-11-27(28)22-31(39)36(40)44/h5-7,10-17,20,24,31-33,41H,2-4,8-9,18-19,21-23H2,(H,38,42)/t31-,32-,33?/m0/s1. The highest BCUT2D eigenvalue weighted by molar-refractivity contribution is 6.00. The second-order valence-electron chi connectivity index (χ2n) is 12.3. The number of benzene rings is 3. The van der Waals surface area contributed by atoms with Gasteiger partial charge in [0.2, 0.25) is 17.7 Å².